The number of carbonyl (C=O) groups excluding carboxylic acids is 1. The molecule has 170 valence electrons. The van der Waals surface area contributed by atoms with Gasteiger partial charge in [-0.25, -0.2) is 4.79 Å². The molecule has 6 heteroatoms. The second-order valence-corrected chi connectivity index (χ2v) is 11.9. The van der Waals surface area contributed by atoms with Crippen LogP contribution in [0.5, 0.6) is 0 Å². The number of allylic oxidation sites excluding steroid dienone is 2. The number of anilines is 1. The van der Waals surface area contributed by atoms with E-state index in [1.54, 1.807) is 0 Å². The van der Waals surface area contributed by atoms with Gasteiger partial charge in [-0.3, -0.25) is 4.79 Å². The third kappa shape index (κ3) is 4.47. The molecular formula is C25H35NO4S. The van der Waals surface area contributed by atoms with Crippen LogP contribution in [0.15, 0.2) is 17.7 Å². The van der Waals surface area contributed by atoms with E-state index in [0.717, 1.165) is 50.0 Å². The van der Waals surface area contributed by atoms with Crippen molar-refractivity contribution in [3.05, 3.63) is 27.5 Å². The monoisotopic (exact) mass is 445 g/mol. The van der Waals surface area contributed by atoms with E-state index in [4.69, 9.17) is 4.74 Å². The molecule has 0 bridgehead atoms. The molecule has 1 aromatic heterocycles. The number of epoxide rings is 1. The Hall–Kier alpha value is -1.66. The fourth-order valence-electron chi connectivity index (χ4n) is 5.17. The summed E-state index contributed by atoms with van der Waals surface area (Å²) in [6, 6.07) is 2.00. The van der Waals surface area contributed by atoms with Crippen molar-refractivity contribution in [2.24, 2.45) is 11.8 Å². The summed E-state index contributed by atoms with van der Waals surface area (Å²) in [7, 11) is 0. The van der Waals surface area contributed by atoms with Crippen molar-refractivity contribution in [1.82, 2.24) is 0 Å². The second-order valence-electron chi connectivity index (χ2n) is 10.9. The molecule has 0 unspecified atom stereocenters. The number of carboxylic acids is 1. The van der Waals surface area contributed by atoms with Gasteiger partial charge in [-0.05, 0) is 62.8 Å². The molecule has 31 heavy (non-hydrogen) atoms. The lowest BCUT2D eigenvalue weighted by molar-refractivity contribution is -0.124. The average Bonchev–Trinajstić information content (AvgIpc) is 3.27. The lowest BCUT2D eigenvalue weighted by Crippen LogP contribution is -2.48. The number of amides is 1. The van der Waals surface area contributed by atoms with Crippen molar-refractivity contribution in [3.8, 4) is 0 Å². The van der Waals surface area contributed by atoms with Crippen molar-refractivity contribution in [3.63, 3.8) is 0 Å². The molecule has 1 spiro atoms. The minimum absolute atomic E-state index is 0.0297. The molecule has 1 saturated carbocycles. The number of ether oxygens (including phenoxy) is 1. The highest BCUT2D eigenvalue weighted by Gasteiger charge is 2.49. The van der Waals surface area contributed by atoms with Crippen LogP contribution in [-0.2, 0) is 14.9 Å². The summed E-state index contributed by atoms with van der Waals surface area (Å²) in [5, 5.41) is 10.0. The van der Waals surface area contributed by atoms with Gasteiger partial charge in [-0.1, -0.05) is 39.3 Å². The van der Waals surface area contributed by atoms with E-state index in [9.17, 15) is 14.7 Å². The molecule has 2 heterocycles. The number of nitrogens with zero attached hydrogens (tertiary/aromatic N) is 1. The van der Waals surface area contributed by atoms with Crippen LogP contribution in [0.3, 0.4) is 0 Å². The maximum Gasteiger partial charge on any atom is 0.348 e. The predicted molar refractivity (Wildman–Crippen MR) is 124 cm³/mol. The van der Waals surface area contributed by atoms with Crippen LogP contribution in [0.1, 0.15) is 87.7 Å². The number of carbonyl (C=O) groups is 2. The van der Waals surface area contributed by atoms with Crippen molar-refractivity contribution in [2.45, 2.75) is 90.2 Å². The molecule has 4 rings (SSSR count). The highest BCUT2D eigenvalue weighted by atomic mass is 32.1. The Morgan fingerprint density at radius 2 is 1.90 bits per heavy atom. The summed E-state index contributed by atoms with van der Waals surface area (Å²) >= 11 is 1.31. The summed E-state index contributed by atoms with van der Waals surface area (Å²) in [5.74, 6) is -0.694. The molecule has 2 aliphatic carbocycles. The first-order chi connectivity index (χ1) is 14.5. The first kappa shape index (κ1) is 22.5. The number of hydrogen-bond donors (Lipinski definition) is 1. The zero-order valence-corrected chi connectivity index (χ0v) is 20.2. The molecule has 2 atom stereocenters. The molecule has 2 fully saturated rings. The minimum atomic E-state index is -0.946. The van der Waals surface area contributed by atoms with Crippen LogP contribution < -0.4 is 4.90 Å². The lowest BCUT2D eigenvalue weighted by Gasteiger charge is -2.39. The number of carboxylic acid groups (broad SMARTS) is 1. The summed E-state index contributed by atoms with van der Waals surface area (Å²) < 4.78 is 5.68. The van der Waals surface area contributed by atoms with Gasteiger partial charge in [-0.15, -0.1) is 11.3 Å². The fraction of sp³-hybridized carbons (Fsp3) is 0.680. The van der Waals surface area contributed by atoms with Crippen LogP contribution in [0.25, 0.3) is 0 Å². The van der Waals surface area contributed by atoms with Crippen molar-refractivity contribution in [2.75, 3.05) is 11.5 Å². The Morgan fingerprint density at radius 3 is 2.42 bits per heavy atom. The van der Waals surface area contributed by atoms with Crippen LogP contribution in [0.4, 0.5) is 5.69 Å². The Labute approximate surface area is 189 Å². The van der Waals surface area contributed by atoms with Crippen molar-refractivity contribution < 1.29 is 19.4 Å². The molecule has 3 aliphatic rings. The van der Waals surface area contributed by atoms with E-state index in [1.807, 2.05) is 11.0 Å². The molecule has 1 saturated heterocycles. The van der Waals surface area contributed by atoms with Gasteiger partial charge in [0.2, 0.25) is 5.91 Å². The normalized spacial score (nSPS) is 30.7. The van der Waals surface area contributed by atoms with Gasteiger partial charge in [0.15, 0.2) is 0 Å². The Morgan fingerprint density at radius 1 is 1.26 bits per heavy atom. The maximum absolute atomic E-state index is 14.0. The predicted octanol–water partition coefficient (Wildman–Crippen LogP) is 5.78. The van der Waals surface area contributed by atoms with Gasteiger partial charge in [0.1, 0.15) is 4.88 Å². The SMILES string of the molecule is CC1=CC[C@H](C(=O)N(c2cc(C(C)(C)C)sc2C(=O)O)[C@H]2CC[C@@]3(CC2)CO3)[C@@H](C)C1. The Kier molecular flexibility index (Phi) is 5.84. The van der Waals surface area contributed by atoms with Crippen LogP contribution in [0.2, 0.25) is 0 Å². The van der Waals surface area contributed by atoms with Gasteiger partial charge >= 0.3 is 5.97 Å². The van der Waals surface area contributed by atoms with E-state index >= 15 is 0 Å². The van der Waals surface area contributed by atoms with Crippen molar-refractivity contribution in [1.29, 1.82) is 0 Å². The number of rotatable bonds is 4. The molecule has 1 aromatic rings. The third-order valence-corrected chi connectivity index (χ3v) is 8.83. The Balaban J connectivity index is 1.73. The number of aromatic carboxylic acids is 1. The standard InChI is InChI=1S/C25H35NO4S/c1-15-6-7-18(16(2)12-15)22(27)26(17-8-10-25(11-9-17)14-30-25)19-13-20(24(3,4)5)31-21(19)23(28)29/h6,13,16-18H,7-12,14H2,1-5H3,(H,28,29)/t16-,17-,18-,25+/m0/s1. The van der Waals surface area contributed by atoms with Crippen LogP contribution in [0, 0.1) is 11.8 Å². The highest BCUT2D eigenvalue weighted by Crippen LogP contribution is 2.46. The molecule has 1 N–H and O–H groups in total. The van der Waals surface area contributed by atoms with Crippen molar-refractivity contribution >= 4 is 28.9 Å². The van der Waals surface area contributed by atoms with E-state index in [2.05, 4.69) is 40.7 Å². The summed E-state index contributed by atoms with van der Waals surface area (Å²) in [5.41, 5.74) is 1.80. The summed E-state index contributed by atoms with van der Waals surface area (Å²) in [4.78, 5) is 29.4. The topological polar surface area (TPSA) is 70.1 Å². The van der Waals surface area contributed by atoms with Gasteiger partial charge in [-0.2, -0.15) is 0 Å². The van der Waals surface area contributed by atoms with E-state index in [1.165, 1.54) is 16.9 Å². The summed E-state index contributed by atoms with van der Waals surface area (Å²) in [6.07, 6.45) is 7.46. The minimum Gasteiger partial charge on any atom is -0.477 e. The quantitative estimate of drug-likeness (QED) is 0.471. The lowest BCUT2D eigenvalue weighted by atomic mass is 9.79. The molecule has 5 nitrogen and oxygen atoms in total. The largest absolute Gasteiger partial charge is 0.477 e. The van der Waals surface area contributed by atoms with Gasteiger partial charge in [0.05, 0.1) is 17.9 Å². The molecule has 0 radical (unpaired) electrons. The molecule has 1 amide bonds. The maximum atomic E-state index is 14.0. The van der Waals surface area contributed by atoms with Gasteiger partial charge in [0.25, 0.3) is 0 Å². The van der Waals surface area contributed by atoms with E-state index in [-0.39, 0.29) is 39.7 Å². The summed E-state index contributed by atoms with van der Waals surface area (Å²) in [6.45, 7) is 11.4. The average molecular weight is 446 g/mol. The van der Waals surface area contributed by atoms with Crippen LogP contribution in [-0.4, -0.2) is 35.2 Å². The molecule has 1 aliphatic heterocycles. The number of thiophene rings is 1. The molecule has 0 aromatic carbocycles. The second kappa shape index (κ2) is 8.04. The number of hydrogen-bond acceptors (Lipinski definition) is 4. The third-order valence-electron chi connectivity index (χ3n) is 7.30. The smallest absolute Gasteiger partial charge is 0.348 e. The fourth-order valence-corrected chi connectivity index (χ4v) is 6.22. The van der Waals surface area contributed by atoms with Gasteiger partial charge in [0, 0.05) is 16.8 Å². The highest BCUT2D eigenvalue weighted by molar-refractivity contribution is 7.14. The van der Waals surface area contributed by atoms with E-state index in [0.29, 0.717) is 5.69 Å². The van der Waals surface area contributed by atoms with Crippen LogP contribution >= 0.6 is 11.3 Å². The zero-order valence-electron chi connectivity index (χ0n) is 19.4. The first-order valence-corrected chi connectivity index (χ1v) is 12.3. The molecular weight excluding hydrogens is 410 g/mol. The zero-order chi connectivity index (χ0) is 22.6. The van der Waals surface area contributed by atoms with E-state index < -0.39 is 5.97 Å². The van der Waals surface area contributed by atoms with Gasteiger partial charge < -0.3 is 14.7 Å². The Bertz CT molecular complexity index is 895. The first-order valence-electron chi connectivity index (χ1n) is 11.5.